The van der Waals surface area contributed by atoms with E-state index in [2.05, 4.69) is 0 Å². The predicted molar refractivity (Wildman–Crippen MR) is 103 cm³/mol. The van der Waals surface area contributed by atoms with E-state index in [1.165, 1.54) is 6.92 Å². The third-order valence-electron chi connectivity index (χ3n) is 3.78. The average molecular weight is 484 g/mol. The number of hydrogen-bond acceptors (Lipinski definition) is 13. The highest BCUT2D eigenvalue weighted by atomic mass is 32.2. The zero-order valence-corrected chi connectivity index (χ0v) is 19.4. The van der Waals surface area contributed by atoms with E-state index in [9.17, 15) is 27.6 Å². The summed E-state index contributed by atoms with van der Waals surface area (Å²) < 4.78 is 59.2. The maximum atomic E-state index is 11.7. The summed E-state index contributed by atoms with van der Waals surface area (Å²) in [4.78, 5) is 46.3. The molecule has 13 nitrogen and oxygen atoms in total. The molecule has 1 saturated heterocycles. The lowest BCUT2D eigenvalue weighted by atomic mass is 9.98. The first kappa shape index (κ1) is 27.7. The number of rotatable bonds is 10. The van der Waals surface area contributed by atoms with Gasteiger partial charge in [-0.05, 0) is 6.92 Å². The van der Waals surface area contributed by atoms with Crippen LogP contribution in [0.3, 0.4) is 0 Å². The molecule has 0 amide bonds. The third kappa shape index (κ3) is 9.89. The SMILES string of the molecule is CC(=O)OC[C@H]1O[C@@H](OC[C@@H](C)OS(C)(=O)=O)[C@H](OC(C)=O)[C@@H](OC(C)=O)[C@H]1OC(C)=O. The predicted octanol–water partition coefficient (Wildman–Crippen LogP) is -0.549. The summed E-state index contributed by atoms with van der Waals surface area (Å²) >= 11 is 0. The van der Waals surface area contributed by atoms with E-state index in [4.69, 9.17) is 32.6 Å². The highest BCUT2D eigenvalue weighted by Gasteiger charge is 2.52. The summed E-state index contributed by atoms with van der Waals surface area (Å²) in [5, 5.41) is 0. The fourth-order valence-electron chi connectivity index (χ4n) is 2.88. The summed E-state index contributed by atoms with van der Waals surface area (Å²) in [5.74, 6) is -3.00. The quantitative estimate of drug-likeness (QED) is 0.220. The van der Waals surface area contributed by atoms with Crippen LogP contribution in [0.5, 0.6) is 0 Å². The van der Waals surface area contributed by atoms with Gasteiger partial charge in [-0.2, -0.15) is 8.42 Å². The van der Waals surface area contributed by atoms with Crippen LogP contribution in [-0.2, 0) is 61.9 Å². The largest absolute Gasteiger partial charge is 0.463 e. The Balaban J connectivity index is 3.24. The Hall–Kier alpha value is -2.29. The second-order valence-electron chi connectivity index (χ2n) is 7.01. The van der Waals surface area contributed by atoms with Gasteiger partial charge in [-0.15, -0.1) is 0 Å². The van der Waals surface area contributed by atoms with Gasteiger partial charge in [-0.25, -0.2) is 0 Å². The Morgan fingerprint density at radius 3 is 1.81 bits per heavy atom. The van der Waals surface area contributed by atoms with Crippen molar-refractivity contribution in [2.75, 3.05) is 19.5 Å². The molecule has 1 rings (SSSR count). The molecule has 14 heteroatoms. The van der Waals surface area contributed by atoms with Gasteiger partial charge in [0, 0.05) is 27.7 Å². The van der Waals surface area contributed by atoms with Gasteiger partial charge in [-0.1, -0.05) is 0 Å². The fourth-order valence-corrected chi connectivity index (χ4v) is 3.53. The summed E-state index contributed by atoms with van der Waals surface area (Å²) in [6.45, 7) is 5.09. The zero-order chi connectivity index (χ0) is 24.6. The Bertz CT molecular complexity index is 793. The number of hydrogen-bond donors (Lipinski definition) is 0. The molecule has 0 aromatic carbocycles. The van der Waals surface area contributed by atoms with Gasteiger partial charge in [0.1, 0.15) is 12.7 Å². The van der Waals surface area contributed by atoms with Crippen molar-refractivity contribution < 1.29 is 60.2 Å². The molecule has 0 N–H and O–H groups in total. The van der Waals surface area contributed by atoms with Crippen LogP contribution in [0.25, 0.3) is 0 Å². The van der Waals surface area contributed by atoms with Gasteiger partial charge in [0.2, 0.25) is 0 Å². The van der Waals surface area contributed by atoms with Crippen molar-refractivity contribution in [3.63, 3.8) is 0 Å². The molecule has 1 heterocycles. The molecular weight excluding hydrogens is 456 g/mol. The summed E-state index contributed by atoms with van der Waals surface area (Å²) in [5.41, 5.74) is 0. The van der Waals surface area contributed by atoms with Gasteiger partial charge in [0.25, 0.3) is 10.1 Å². The van der Waals surface area contributed by atoms with E-state index >= 15 is 0 Å². The van der Waals surface area contributed by atoms with Gasteiger partial charge in [-0.3, -0.25) is 23.4 Å². The number of ether oxygens (including phenoxy) is 6. The minimum atomic E-state index is -3.78. The van der Waals surface area contributed by atoms with Gasteiger partial charge < -0.3 is 28.4 Å². The first-order valence-corrected chi connectivity index (χ1v) is 11.3. The minimum absolute atomic E-state index is 0.333. The van der Waals surface area contributed by atoms with Crippen LogP contribution in [0, 0.1) is 0 Å². The van der Waals surface area contributed by atoms with Crippen LogP contribution in [0.1, 0.15) is 34.6 Å². The van der Waals surface area contributed by atoms with Crippen LogP contribution in [-0.4, -0.2) is 88.6 Å². The lowest BCUT2D eigenvalue weighted by Gasteiger charge is -2.44. The van der Waals surface area contributed by atoms with E-state index < -0.39 is 77.4 Å². The standard InChI is InChI=1S/C18H28O13S/c1-9(31-32(6,23)24)7-26-18-17(29-13(5)22)16(28-12(4)21)15(27-11(3)20)14(30-18)8-25-10(2)19/h9,14-18H,7-8H2,1-6H3/t9-,14-,15+,16+,17-,18-/m1/s1. The number of esters is 4. The second-order valence-corrected chi connectivity index (χ2v) is 8.61. The Labute approximate surface area is 185 Å². The zero-order valence-electron chi connectivity index (χ0n) is 18.6. The summed E-state index contributed by atoms with van der Waals surface area (Å²) in [6, 6.07) is 0. The van der Waals surface area contributed by atoms with Crippen molar-refractivity contribution in [2.24, 2.45) is 0 Å². The van der Waals surface area contributed by atoms with E-state index in [0.717, 1.165) is 34.0 Å². The normalized spacial score (nSPS) is 26.5. The maximum absolute atomic E-state index is 11.7. The van der Waals surface area contributed by atoms with Gasteiger partial charge >= 0.3 is 23.9 Å². The van der Waals surface area contributed by atoms with Crippen LogP contribution in [0.2, 0.25) is 0 Å². The van der Waals surface area contributed by atoms with Crippen LogP contribution < -0.4 is 0 Å². The van der Waals surface area contributed by atoms with E-state index in [1.54, 1.807) is 0 Å². The van der Waals surface area contributed by atoms with Crippen molar-refractivity contribution in [3.8, 4) is 0 Å². The second kappa shape index (κ2) is 12.1. The van der Waals surface area contributed by atoms with Crippen molar-refractivity contribution in [2.45, 2.75) is 71.4 Å². The molecule has 1 aliphatic heterocycles. The Morgan fingerprint density at radius 2 is 1.34 bits per heavy atom. The molecule has 1 aliphatic rings. The molecule has 0 bridgehead atoms. The van der Waals surface area contributed by atoms with E-state index in [1.807, 2.05) is 0 Å². The van der Waals surface area contributed by atoms with Crippen LogP contribution in [0.4, 0.5) is 0 Å². The van der Waals surface area contributed by atoms with E-state index in [0.29, 0.717) is 0 Å². The molecule has 0 spiro atoms. The molecule has 0 aliphatic carbocycles. The smallest absolute Gasteiger partial charge is 0.303 e. The maximum Gasteiger partial charge on any atom is 0.303 e. The minimum Gasteiger partial charge on any atom is -0.463 e. The van der Waals surface area contributed by atoms with Crippen molar-refractivity contribution in [1.29, 1.82) is 0 Å². The highest BCUT2D eigenvalue weighted by Crippen LogP contribution is 2.30. The molecule has 0 radical (unpaired) electrons. The monoisotopic (exact) mass is 484 g/mol. The molecular formula is C18H28O13S. The molecule has 0 unspecified atom stereocenters. The average Bonchev–Trinajstić information content (AvgIpc) is 2.59. The molecule has 184 valence electrons. The topological polar surface area (TPSA) is 167 Å². The first-order chi connectivity index (χ1) is 14.7. The highest BCUT2D eigenvalue weighted by molar-refractivity contribution is 7.86. The lowest BCUT2D eigenvalue weighted by molar-refractivity contribution is -0.310. The van der Waals surface area contributed by atoms with Crippen LogP contribution in [0.15, 0.2) is 0 Å². The number of carbonyl (C=O) groups excluding carboxylic acids is 4. The molecule has 1 fully saturated rings. The summed E-state index contributed by atoms with van der Waals surface area (Å²) in [6.07, 6.45) is -6.78. The van der Waals surface area contributed by atoms with Gasteiger partial charge in [0.15, 0.2) is 24.6 Å². The lowest BCUT2D eigenvalue weighted by Crippen LogP contribution is -2.63. The molecule has 6 atom stereocenters. The molecule has 0 aromatic rings. The summed E-state index contributed by atoms with van der Waals surface area (Å²) in [7, 11) is -3.78. The Morgan fingerprint density at radius 1 is 0.844 bits per heavy atom. The molecule has 32 heavy (non-hydrogen) atoms. The number of carbonyl (C=O) groups is 4. The molecule has 0 saturated carbocycles. The third-order valence-corrected chi connectivity index (χ3v) is 4.46. The van der Waals surface area contributed by atoms with Crippen molar-refractivity contribution in [3.05, 3.63) is 0 Å². The van der Waals surface area contributed by atoms with E-state index in [-0.39, 0.29) is 6.61 Å². The van der Waals surface area contributed by atoms with Crippen molar-refractivity contribution in [1.82, 2.24) is 0 Å². The fraction of sp³-hybridized carbons (Fsp3) is 0.778. The first-order valence-electron chi connectivity index (χ1n) is 9.50. The Kier molecular flexibility index (Phi) is 10.5. The van der Waals surface area contributed by atoms with Crippen molar-refractivity contribution >= 4 is 34.0 Å². The van der Waals surface area contributed by atoms with Crippen LogP contribution >= 0.6 is 0 Å². The molecule has 0 aromatic heterocycles. The van der Waals surface area contributed by atoms with Gasteiger partial charge in [0.05, 0.1) is 19.0 Å².